The van der Waals surface area contributed by atoms with Crippen molar-refractivity contribution in [1.82, 2.24) is 4.90 Å². The van der Waals surface area contributed by atoms with Crippen LogP contribution in [0.15, 0.2) is 36.5 Å². The number of hydrogen-bond acceptors (Lipinski definition) is 2. The first kappa shape index (κ1) is 10.3. The molecule has 14 heavy (non-hydrogen) atoms. The molecule has 72 valence electrons. The van der Waals surface area contributed by atoms with E-state index in [1.165, 1.54) is 0 Å². The van der Waals surface area contributed by atoms with Crippen LogP contribution in [0.2, 0.25) is 0 Å². The van der Waals surface area contributed by atoms with Crippen molar-refractivity contribution in [1.29, 1.82) is 5.26 Å². The van der Waals surface area contributed by atoms with Gasteiger partial charge in [-0.3, -0.25) is 0 Å². The van der Waals surface area contributed by atoms with E-state index in [1.807, 2.05) is 55.5 Å². The van der Waals surface area contributed by atoms with Gasteiger partial charge in [0, 0.05) is 20.3 Å². The van der Waals surface area contributed by atoms with Gasteiger partial charge in [-0.15, -0.1) is 0 Å². The highest BCUT2D eigenvalue weighted by atomic mass is 15.0. The lowest BCUT2D eigenvalue weighted by Gasteiger charge is -2.09. The zero-order valence-corrected chi connectivity index (χ0v) is 8.57. The Hall–Kier alpha value is -1.75. The molecule has 1 aromatic rings. The molecule has 0 aromatic heterocycles. The maximum Gasteiger partial charge on any atom is 0.0670 e. The minimum Gasteiger partial charge on any atom is -0.383 e. The maximum atomic E-state index is 8.70. The molecule has 0 bridgehead atoms. The summed E-state index contributed by atoms with van der Waals surface area (Å²) in [5.74, 6) is 0. The molecule has 0 N–H and O–H groups in total. The molecule has 0 unspecified atom stereocenters. The van der Waals surface area contributed by atoms with Gasteiger partial charge >= 0.3 is 0 Å². The fourth-order valence-electron chi connectivity index (χ4n) is 1.27. The summed E-state index contributed by atoms with van der Waals surface area (Å²) in [5, 5.41) is 8.70. The molecule has 0 aliphatic rings. The molecule has 0 radical (unpaired) electrons. The van der Waals surface area contributed by atoms with Gasteiger partial charge in [-0.25, -0.2) is 0 Å². The van der Waals surface area contributed by atoms with Crippen molar-refractivity contribution in [2.75, 3.05) is 14.1 Å². The van der Waals surface area contributed by atoms with Crippen LogP contribution in [-0.4, -0.2) is 19.0 Å². The van der Waals surface area contributed by atoms with E-state index in [1.54, 1.807) is 0 Å². The van der Waals surface area contributed by atoms with Crippen LogP contribution < -0.4 is 0 Å². The SMILES string of the molecule is CN(C)/C=C(\CC#N)c1ccccc1. The molecule has 0 fully saturated rings. The van der Waals surface area contributed by atoms with Gasteiger partial charge in [0.15, 0.2) is 0 Å². The van der Waals surface area contributed by atoms with E-state index >= 15 is 0 Å². The number of nitrogens with zero attached hydrogens (tertiary/aromatic N) is 2. The maximum absolute atomic E-state index is 8.70. The van der Waals surface area contributed by atoms with E-state index in [0.717, 1.165) is 11.1 Å². The summed E-state index contributed by atoms with van der Waals surface area (Å²) in [6.07, 6.45) is 2.43. The number of nitriles is 1. The third kappa shape index (κ3) is 2.95. The molecule has 0 aliphatic heterocycles. The normalized spacial score (nSPS) is 10.8. The molecule has 0 amide bonds. The molecule has 1 rings (SSSR count). The minimum atomic E-state index is 0.447. The molecule has 0 saturated carbocycles. The summed E-state index contributed by atoms with van der Waals surface area (Å²) < 4.78 is 0. The van der Waals surface area contributed by atoms with Gasteiger partial charge in [-0.2, -0.15) is 5.26 Å². The van der Waals surface area contributed by atoms with E-state index in [-0.39, 0.29) is 0 Å². The third-order valence-electron chi connectivity index (χ3n) is 1.83. The van der Waals surface area contributed by atoms with Crippen molar-refractivity contribution >= 4 is 5.57 Å². The molecule has 0 saturated heterocycles. The average molecular weight is 186 g/mol. The summed E-state index contributed by atoms with van der Waals surface area (Å²) in [6.45, 7) is 0. The Labute approximate surface area is 85.1 Å². The zero-order chi connectivity index (χ0) is 10.4. The zero-order valence-electron chi connectivity index (χ0n) is 8.57. The van der Waals surface area contributed by atoms with E-state index in [4.69, 9.17) is 5.26 Å². The van der Waals surface area contributed by atoms with Crippen molar-refractivity contribution in [3.8, 4) is 6.07 Å². The van der Waals surface area contributed by atoms with Crippen molar-refractivity contribution in [3.63, 3.8) is 0 Å². The van der Waals surface area contributed by atoms with E-state index in [0.29, 0.717) is 6.42 Å². The molecule has 1 aromatic carbocycles. The van der Waals surface area contributed by atoms with Gasteiger partial charge in [0.05, 0.1) is 12.5 Å². The monoisotopic (exact) mass is 186 g/mol. The van der Waals surface area contributed by atoms with Gasteiger partial charge in [0.2, 0.25) is 0 Å². The molecule has 0 atom stereocenters. The van der Waals surface area contributed by atoms with Gasteiger partial charge < -0.3 is 4.90 Å². The van der Waals surface area contributed by atoms with Gasteiger partial charge in [-0.05, 0) is 11.1 Å². The molecule has 0 spiro atoms. The fraction of sp³-hybridized carbons (Fsp3) is 0.250. The van der Waals surface area contributed by atoms with Crippen LogP contribution in [-0.2, 0) is 0 Å². The van der Waals surface area contributed by atoms with Crippen molar-refractivity contribution in [2.45, 2.75) is 6.42 Å². The molecule has 2 nitrogen and oxygen atoms in total. The second-order valence-electron chi connectivity index (χ2n) is 3.32. The largest absolute Gasteiger partial charge is 0.383 e. The molecule has 2 heteroatoms. The summed E-state index contributed by atoms with van der Waals surface area (Å²) in [7, 11) is 3.92. The first-order valence-corrected chi connectivity index (χ1v) is 4.53. The quantitative estimate of drug-likeness (QED) is 0.725. The highest BCUT2D eigenvalue weighted by Gasteiger charge is 2.00. The second-order valence-corrected chi connectivity index (χ2v) is 3.32. The van der Waals surface area contributed by atoms with Crippen molar-refractivity contribution in [3.05, 3.63) is 42.1 Å². The summed E-state index contributed by atoms with van der Waals surface area (Å²) in [6, 6.07) is 12.2. The number of benzene rings is 1. The number of rotatable bonds is 3. The van der Waals surface area contributed by atoms with Crippen LogP contribution in [0, 0.1) is 11.3 Å². The van der Waals surface area contributed by atoms with E-state index < -0.39 is 0 Å². The lowest BCUT2D eigenvalue weighted by atomic mass is 10.0. The Kier molecular flexibility index (Phi) is 3.75. The van der Waals surface area contributed by atoms with Crippen LogP contribution in [0.1, 0.15) is 12.0 Å². The van der Waals surface area contributed by atoms with Crippen LogP contribution in [0.25, 0.3) is 5.57 Å². The van der Waals surface area contributed by atoms with E-state index in [2.05, 4.69) is 6.07 Å². The predicted molar refractivity (Wildman–Crippen MR) is 58.3 cm³/mol. The highest BCUT2D eigenvalue weighted by Crippen LogP contribution is 2.17. The summed E-state index contributed by atoms with van der Waals surface area (Å²) >= 11 is 0. The second kappa shape index (κ2) is 5.08. The van der Waals surface area contributed by atoms with E-state index in [9.17, 15) is 0 Å². The predicted octanol–water partition coefficient (Wildman–Crippen LogP) is 2.50. The highest BCUT2D eigenvalue weighted by molar-refractivity contribution is 5.66. The standard InChI is InChI=1S/C12H14N2/c1-14(2)10-12(8-9-13)11-6-4-3-5-7-11/h3-7,10H,8H2,1-2H3/b12-10+. The Morgan fingerprint density at radius 2 is 2.00 bits per heavy atom. The number of allylic oxidation sites excluding steroid dienone is 1. The molecular formula is C12H14N2. The van der Waals surface area contributed by atoms with Crippen LogP contribution in [0.5, 0.6) is 0 Å². The van der Waals surface area contributed by atoms with Gasteiger partial charge in [0.1, 0.15) is 0 Å². The van der Waals surface area contributed by atoms with Gasteiger partial charge in [-0.1, -0.05) is 30.3 Å². The summed E-state index contributed by atoms with van der Waals surface area (Å²) in [5.41, 5.74) is 2.17. The first-order valence-electron chi connectivity index (χ1n) is 4.53. The fourth-order valence-corrected chi connectivity index (χ4v) is 1.27. The lowest BCUT2D eigenvalue weighted by Crippen LogP contribution is -2.02. The Morgan fingerprint density at radius 1 is 1.36 bits per heavy atom. The minimum absolute atomic E-state index is 0.447. The Morgan fingerprint density at radius 3 is 2.50 bits per heavy atom. The average Bonchev–Trinajstić information content (AvgIpc) is 2.18. The molecule has 0 heterocycles. The van der Waals surface area contributed by atoms with Crippen LogP contribution in [0.3, 0.4) is 0 Å². The van der Waals surface area contributed by atoms with Crippen LogP contribution in [0.4, 0.5) is 0 Å². The summed E-state index contributed by atoms with van der Waals surface area (Å²) in [4.78, 5) is 1.96. The Balaban J connectivity index is 2.96. The van der Waals surface area contributed by atoms with Crippen molar-refractivity contribution < 1.29 is 0 Å². The van der Waals surface area contributed by atoms with Gasteiger partial charge in [0.25, 0.3) is 0 Å². The first-order chi connectivity index (χ1) is 6.74. The molecule has 0 aliphatic carbocycles. The Bertz CT molecular complexity index is 344. The van der Waals surface area contributed by atoms with Crippen LogP contribution >= 0.6 is 0 Å². The van der Waals surface area contributed by atoms with Crippen molar-refractivity contribution in [2.24, 2.45) is 0 Å². The smallest absolute Gasteiger partial charge is 0.0670 e. The molecular weight excluding hydrogens is 172 g/mol. The lowest BCUT2D eigenvalue weighted by molar-refractivity contribution is 0.564. The topological polar surface area (TPSA) is 27.0 Å². The third-order valence-corrected chi connectivity index (χ3v) is 1.83. The number of hydrogen-bond donors (Lipinski definition) is 0.